The molecule has 2 N–H and O–H groups in total. The van der Waals surface area contributed by atoms with Crippen molar-refractivity contribution in [1.82, 2.24) is 24.5 Å². The molecule has 3 aromatic heterocycles. The summed E-state index contributed by atoms with van der Waals surface area (Å²) in [6.45, 7) is 17.8. The number of rotatable bonds is 8. The zero-order valence-electron chi connectivity index (χ0n) is 24.9. The van der Waals surface area contributed by atoms with Crippen LogP contribution in [0.4, 0.5) is 5.82 Å². The second-order valence-electron chi connectivity index (χ2n) is 11.8. The summed E-state index contributed by atoms with van der Waals surface area (Å²) in [7, 11) is -1.17. The van der Waals surface area contributed by atoms with Crippen LogP contribution in [0.15, 0.2) is 12.3 Å². The number of amides is 1. The molecule has 12 heteroatoms. The first kappa shape index (κ1) is 30.2. The van der Waals surface area contributed by atoms with Crippen LogP contribution in [0.5, 0.6) is 0 Å². The lowest BCUT2D eigenvalue weighted by Gasteiger charge is -2.35. The number of carbonyl (C=O) groups excluding carboxylic acids is 1. The monoisotopic (exact) mass is 571 g/mol. The molecule has 5 heterocycles. The Bertz CT molecular complexity index is 1280. The summed E-state index contributed by atoms with van der Waals surface area (Å²) in [6, 6.07) is 3.42. The number of carbonyl (C=O) groups is 1. The van der Waals surface area contributed by atoms with Crippen LogP contribution in [0.3, 0.4) is 0 Å². The van der Waals surface area contributed by atoms with Gasteiger partial charge in [0.15, 0.2) is 0 Å². The van der Waals surface area contributed by atoms with Gasteiger partial charge < -0.3 is 24.8 Å². The lowest BCUT2D eigenvalue weighted by Crippen LogP contribution is -2.44. The van der Waals surface area contributed by atoms with E-state index in [0.717, 1.165) is 73.3 Å². The molecule has 0 aliphatic carbocycles. The highest BCUT2D eigenvalue weighted by atomic mass is 28.3. The summed E-state index contributed by atoms with van der Waals surface area (Å²) in [5.41, 5.74) is 10.0. The molecule has 3 aromatic rings. The van der Waals surface area contributed by atoms with Gasteiger partial charge in [0.05, 0.1) is 24.8 Å². The summed E-state index contributed by atoms with van der Waals surface area (Å²) < 4.78 is 21.7. The number of aromatic nitrogens is 5. The molecule has 1 unspecified atom stereocenters. The summed E-state index contributed by atoms with van der Waals surface area (Å²) in [5, 5.41) is 9.95. The highest BCUT2D eigenvalue weighted by Gasteiger charge is 2.27. The van der Waals surface area contributed by atoms with Gasteiger partial charge in [0, 0.05) is 34.0 Å². The first-order chi connectivity index (χ1) is 19.1. The maximum absolute atomic E-state index is 8.58. The van der Waals surface area contributed by atoms with Crippen LogP contribution in [0, 0.1) is 13.8 Å². The van der Waals surface area contributed by atoms with Crippen LogP contribution >= 0.6 is 0 Å². The molecule has 0 saturated carbocycles. The van der Waals surface area contributed by atoms with Gasteiger partial charge in [-0.15, -0.1) is 0 Å². The minimum absolute atomic E-state index is 0.0116. The van der Waals surface area contributed by atoms with Crippen molar-refractivity contribution in [3.8, 4) is 11.4 Å². The first-order valence-electron chi connectivity index (χ1n) is 14.3. The molecule has 0 aromatic carbocycles. The molecule has 0 bridgehead atoms. The highest BCUT2D eigenvalue weighted by Crippen LogP contribution is 2.35. The zero-order valence-corrected chi connectivity index (χ0v) is 25.9. The average molecular weight is 572 g/mol. The van der Waals surface area contributed by atoms with E-state index in [2.05, 4.69) is 51.0 Å². The molecule has 2 aliphatic rings. The van der Waals surface area contributed by atoms with E-state index in [-0.39, 0.29) is 18.7 Å². The van der Waals surface area contributed by atoms with Gasteiger partial charge in [0.1, 0.15) is 35.7 Å². The Kier molecular flexibility index (Phi) is 9.98. The first-order valence-corrected chi connectivity index (χ1v) is 18.0. The highest BCUT2D eigenvalue weighted by molar-refractivity contribution is 6.76. The maximum Gasteiger partial charge on any atom is 0.204 e. The van der Waals surface area contributed by atoms with Crippen molar-refractivity contribution in [3.05, 3.63) is 23.4 Å². The Labute approximate surface area is 238 Å². The van der Waals surface area contributed by atoms with Gasteiger partial charge in [-0.2, -0.15) is 10.2 Å². The number of nitrogens with zero attached hydrogens (tertiary/aromatic N) is 6. The fraction of sp³-hybridized carbons (Fsp3) is 0.643. The number of ether oxygens (including phenoxy) is 3. The fourth-order valence-electron chi connectivity index (χ4n) is 5.14. The van der Waals surface area contributed by atoms with E-state index in [0.29, 0.717) is 19.9 Å². The second kappa shape index (κ2) is 13.2. The molecule has 0 radical (unpaired) electrons. The molecule has 2 fully saturated rings. The molecule has 40 heavy (non-hydrogen) atoms. The molecule has 11 nitrogen and oxygen atoms in total. The molecule has 5 rings (SSSR count). The van der Waals surface area contributed by atoms with Gasteiger partial charge in [0.2, 0.25) is 6.41 Å². The van der Waals surface area contributed by atoms with Gasteiger partial charge in [0.25, 0.3) is 0 Å². The third kappa shape index (κ3) is 6.91. The van der Waals surface area contributed by atoms with E-state index < -0.39 is 8.07 Å². The van der Waals surface area contributed by atoms with Crippen molar-refractivity contribution in [2.75, 3.05) is 37.9 Å². The Morgan fingerprint density at radius 1 is 1.18 bits per heavy atom. The summed E-state index contributed by atoms with van der Waals surface area (Å²) in [6.07, 6.45) is 5.50. The van der Waals surface area contributed by atoms with Crippen LogP contribution in [-0.4, -0.2) is 78.0 Å². The lowest BCUT2D eigenvalue weighted by molar-refractivity contribution is -0.106. The fourth-order valence-corrected chi connectivity index (χ4v) is 5.90. The molecular formula is C28H45N7O4Si. The summed E-state index contributed by atoms with van der Waals surface area (Å²) in [5.74, 6) is 1.01. The Morgan fingerprint density at radius 2 is 1.95 bits per heavy atom. The maximum atomic E-state index is 8.58. The van der Waals surface area contributed by atoms with E-state index >= 15 is 0 Å². The number of aryl methyl sites for hydroxylation is 1. The second-order valence-corrected chi connectivity index (χ2v) is 17.5. The number of anilines is 1. The Morgan fingerprint density at radius 3 is 2.62 bits per heavy atom. The Balaban J connectivity index is 0.00000118. The SMILES string of the molecule is Cc1c(N2CCOC[C@H]2C)nc2c(-c3ccn(C4CCCCO4)n3)nn(COCC[Si](C)(C)C)c2c1C.NC=O. The van der Waals surface area contributed by atoms with Crippen LogP contribution in [-0.2, 0) is 25.7 Å². The quantitative estimate of drug-likeness (QED) is 0.242. The minimum Gasteiger partial charge on any atom is -0.377 e. The molecule has 2 aliphatic heterocycles. The van der Waals surface area contributed by atoms with Gasteiger partial charge in [-0.25, -0.2) is 14.3 Å². The average Bonchev–Trinajstić information content (AvgIpc) is 3.55. The molecule has 0 spiro atoms. The zero-order chi connectivity index (χ0) is 28.9. The van der Waals surface area contributed by atoms with E-state index in [9.17, 15) is 0 Å². The number of hydrogen-bond donors (Lipinski definition) is 1. The lowest BCUT2D eigenvalue weighted by atomic mass is 10.1. The van der Waals surface area contributed by atoms with Crippen LogP contribution in [0.25, 0.3) is 22.4 Å². The van der Waals surface area contributed by atoms with E-state index in [1.807, 2.05) is 21.6 Å². The molecule has 2 atom stereocenters. The van der Waals surface area contributed by atoms with Crippen molar-refractivity contribution in [2.45, 2.75) is 84.7 Å². The standard InChI is InChI=1S/C27H42N6O3Si.CH3NO/c1-19-17-34-14-12-31(19)27-21(3)20(2)26-25(28-27)24(30-33(26)18-35-15-16-37(4,5)6)22-10-11-32(29-22)23-9-7-8-13-36-23;2-1-3/h10-11,19,23H,7-9,12-18H2,1-6H3;1H,(H2,2,3)/t19-,23?;/m1./s1. The van der Waals surface area contributed by atoms with Crippen LogP contribution < -0.4 is 10.6 Å². The van der Waals surface area contributed by atoms with Gasteiger partial charge in [-0.3, -0.25) is 4.79 Å². The number of fused-ring (bicyclic) bond motifs is 1. The third-order valence-electron chi connectivity index (χ3n) is 7.55. The largest absolute Gasteiger partial charge is 0.377 e. The van der Waals surface area contributed by atoms with Gasteiger partial charge >= 0.3 is 0 Å². The van der Waals surface area contributed by atoms with Gasteiger partial charge in [-0.05, 0) is 63.3 Å². The molecule has 1 amide bonds. The number of nitrogens with two attached hydrogens (primary N) is 1. The van der Waals surface area contributed by atoms with Crippen molar-refractivity contribution in [1.29, 1.82) is 0 Å². The molecule has 220 valence electrons. The molecule has 2 saturated heterocycles. The number of pyridine rings is 1. The van der Waals surface area contributed by atoms with E-state index in [1.54, 1.807) is 0 Å². The van der Waals surface area contributed by atoms with Crippen molar-refractivity contribution in [2.24, 2.45) is 5.73 Å². The smallest absolute Gasteiger partial charge is 0.204 e. The normalized spacial score (nSPS) is 19.9. The summed E-state index contributed by atoms with van der Waals surface area (Å²) in [4.78, 5) is 16.2. The number of morpholine rings is 1. The third-order valence-corrected chi connectivity index (χ3v) is 9.25. The number of hydrogen-bond acceptors (Lipinski definition) is 8. The Hall–Kier alpha value is -2.80. The van der Waals surface area contributed by atoms with Crippen molar-refractivity contribution in [3.63, 3.8) is 0 Å². The van der Waals surface area contributed by atoms with Crippen molar-refractivity contribution >= 4 is 31.3 Å². The molecular weight excluding hydrogens is 526 g/mol. The van der Waals surface area contributed by atoms with Crippen molar-refractivity contribution < 1.29 is 19.0 Å². The predicted molar refractivity (Wildman–Crippen MR) is 159 cm³/mol. The van der Waals surface area contributed by atoms with Crippen LogP contribution in [0.1, 0.15) is 43.5 Å². The van der Waals surface area contributed by atoms with Gasteiger partial charge in [-0.1, -0.05) is 19.6 Å². The topological polar surface area (TPSA) is 123 Å². The summed E-state index contributed by atoms with van der Waals surface area (Å²) >= 11 is 0. The van der Waals surface area contributed by atoms with E-state index in [4.69, 9.17) is 34.2 Å². The number of primary amides is 1. The minimum atomic E-state index is -1.17. The van der Waals surface area contributed by atoms with E-state index in [1.165, 1.54) is 11.1 Å². The van der Waals surface area contributed by atoms with Crippen LogP contribution in [0.2, 0.25) is 25.7 Å². The predicted octanol–water partition coefficient (Wildman–Crippen LogP) is 4.25.